The van der Waals surface area contributed by atoms with Gasteiger partial charge >= 0.3 is 12.4 Å². The first-order valence-corrected chi connectivity index (χ1v) is 41.3. The molecule has 4 aliphatic heterocycles. The van der Waals surface area contributed by atoms with Crippen LogP contribution in [-0.4, -0.2) is 198 Å². The molecule has 0 radical (unpaired) electrons. The van der Waals surface area contributed by atoms with Gasteiger partial charge in [-0.3, -0.25) is 19.2 Å². The van der Waals surface area contributed by atoms with Crippen molar-refractivity contribution < 1.29 is 58.7 Å². The maximum atomic E-state index is 14.7. The average Bonchev–Trinajstić information content (AvgIpc) is 1.57. The van der Waals surface area contributed by atoms with Crippen molar-refractivity contribution in [2.24, 2.45) is 35.5 Å². The second kappa shape index (κ2) is 34.2. The van der Waals surface area contributed by atoms with Crippen molar-refractivity contribution >= 4 is 137 Å². The molecule has 4 amide bonds. The van der Waals surface area contributed by atoms with Gasteiger partial charge in [-0.05, 0) is 136 Å². The topological polar surface area (TPSA) is 347 Å². The lowest BCUT2D eigenvalue weighted by atomic mass is 9.93. The largest absolute Gasteiger partial charge is 0.405 e. The van der Waals surface area contributed by atoms with E-state index in [1.165, 1.54) is 30.1 Å². The van der Waals surface area contributed by atoms with Gasteiger partial charge in [0.1, 0.15) is 77.3 Å². The molecule has 0 spiro atoms. The number of anilines is 4. The van der Waals surface area contributed by atoms with Crippen LogP contribution in [0, 0.1) is 41.3 Å². The van der Waals surface area contributed by atoms with Crippen molar-refractivity contribution in [2.75, 3.05) is 58.9 Å². The number of hydrogen-bond donors (Lipinski definition) is 8. The molecule has 8 N–H and O–H groups in total. The molecule has 20 rings (SSSR count). The highest BCUT2D eigenvalue weighted by atomic mass is 35.5. The zero-order valence-electron chi connectivity index (χ0n) is 64.7. The number of H-pyrrole nitrogens is 4. The van der Waals surface area contributed by atoms with Gasteiger partial charge < -0.3 is 60.8 Å². The van der Waals surface area contributed by atoms with Crippen LogP contribution in [0.2, 0.25) is 20.1 Å². The van der Waals surface area contributed by atoms with Crippen LogP contribution < -0.4 is 40.9 Å². The first kappa shape index (κ1) is 83.0. The smallest absolute Gasteiger partial charge is 0.354 e. The maximum Gasteiger partial charge on any atom is 0.405 e. The number of aromatic amines is 4. The third-order valence-corrected chi connectivity index (χ3v) is 24.6. The van der Waals surface area contributed by atoms with Crippen molar-refractivity contribution in [1.29, 1.82) is 0 Å². The molecule has 0 aromatic carbocycles. The summed E-state index contributed by atoms with van der Waals surface area (Å²) in [6, 6.07) is 10.1. The van der Waals surface area contributed by atoms with Crippen LogP contribution in [0.4, 0.5) is 62.8 Å². The molecule has 4 saturated heterocycles. The van der Waals surface area contributed by atoms with Crippen LogP contribution in [0.15, 0.2) is 117 Å². The highest BCUT2D eigenvalue weighted by molar-refractivity contribution is 6.32. The number of piperidine rings is 2. The van der Waals surface area contributed by atoms with Gasteiger partial charge in [0.25, 0.3) is 6.43 Å². The summed E-state index contributed by atoms with van der Waals surface area (Å²) in [6.07, 6.45) is 17.5. The van der Waals surface area contributed by atoms with E-state index in [0.717, 1.165) is 96.4 Å². The number of nitrogens with zero attached hydrogens (tertiary/aromatic N) is 16. The van der Waals surface area contributed by atoms with Gasteiger partial charge in [-0.1, -0.05) is 66.2 Å². The fourth-order valence-corrected chi connectivity index (χ4v) is 18.9. The number of aromatic nitrogens is 16. The number of nitrogens with one attached hydrogen (secondary N) is 8. The number of amides is 4. The lowest BCUT2D eigenvalue weighted by Crippen LogP contribution is -2.48. The van der Waals surface area contributed by atoms with E-state index < -0.39 is 74.2 Å². The highest BCUT2D eigenvalue weighted by Crippen LogP contribution is 2.52. The van der Waals surface area contributed by atoms with Gasteiger partial charge in [0.05, 0.1) is 32.8 Å². The number of carbonyl (C=O) groups is 4. The van der Waals surface area contributed by atoms with Gasteiger partial charge in [-0.25, -0.2) is 73.0 Å². The Labute approximate surface area is 708 Å². The Hall–Kier alpha value is -11.3. The first-order valence-electron chi connectivity index (χ1n) is 39.8. The second-order valence-corrected chi connectivity index (χ2v) is 33.3. The predicted octanol–water partition coefficient (Wildman–Crippen LogP) is 14.2. The molecule has 8 fully saturated rings. The molecule has 28 nitrogen and oxygen atoms in total. The number of carbonyl (C=O) groups excluding carboxylic acids is 4. The molecule has 122 heavy (non-hydrogen) atoms. The molecular weight excluding hydrogens is 1690 g/mol. The number of pyridine rings is 4. The molecule has 16 heterocycles. The summed E-state index contributed by atoms with van der Waals surface area (Å²) < 4.78 is 115. The standard InChI is InChI=1S/C22H25ClN6O.C21H21ClF2N6O.C19H15ClF4N6O.C19H16ClF3N6O/c1-2-7-25-22(30)19-15-5-3-4-13(15)12-29(19)18-6-8-24-21(28-18)17-11-27-20-16(17)9-14(23)10-26-20;22-12-6-14-15(8-27-19(14)26-7-12)20-25-5-4-17(29-20)30-10-11-2-1-3-13(11)18(30)21(31)28-9-16(23)24;20-9-3-10-11(5-26-15(10)25-4-9)16-27-6-12(21)17(29-16)30-13-1-8(13)2-14(30)18(31)28-7-19(22,23)24;20-10-5-11-12(7-26-16(11)25-6-10)17-24-2-1-15(28-17)29-13-3-9(13)4-14(29)18(30)27-8-19(21,22)23/h6,8-11,13,15,19H,2-5,7,12H2,1H3,(H,25,30)(H,26,27);4-8,11,13,16,18H,1-3,9-10H2,(H,26,27)(H,28,31);3-6,8,13-14H,1-2,7H2,(H,25,26)(H,28,31);1-2,5-7,9,13-14H,3-4,8H2,(H,25,26)(H,27,30)/t13-,15-,19-;11-,13-,18-;8-,13-,14-;9-,13-,14-/m1111/s1. The normalized spacial score (nSPS) is 22.9. The summed E-state index contributed by atoms with van der Waals surface area (Å²) in [5.41, 5.74) is 5.45. The molecule has 8 aliphatic rings. The number of hydrogen-bond acceptors (Lipinski definition) is 20. The summed E-state index contributed by atoms with van der Waals surface area (Å²) in [5.74, 6) is 2.96. The van der Waals surface area contributed by atoms with E-state index in [9.17, 15) is 58.7 Å². The van der Waals surface area contributed by atoms with E-state index in [1.807, 2.05) is 38.8 Å². The Morgan fingerprint density at radius 3 is 1.26 bits per heavy atom. The molecule has 0 unspecified atom stereocenters. The Kier molecular flexibility index (Phi) is 23.3. The molecular formula is C81H77Cl4F9N24O4. The molecule has 4 aliphatic carbocycles. The van der Waals surface area contributed by atoms with E-state index in [1.54, 1.807) is 79.9 Å². The van der Waals surface area contributed by atoms with Crippen molar-refractivity contribution in [1.82, 2.24) is 101 Å². The van der Waals surface area contributed by atoms with Crippen molar-refractivity contribution in [2.45, 2.75) is 133 Å². The number of fused-ring (bicyclic) bond motifs is 8. The average molecular weight is 1760 g/mol. The van der Waals surface area contributed by atoms with Gasteiger partial charge in [-0.2, -0.15) is 26.3 Å². The van der Waals surface area contributed by atoms with Crippen molar-refractivity contribution in [3.05, 3.63) is 143 Å². The molecule has 12 atom stereocenters. The summed E-state index contributed by atoms with van der Waals surface area (Å²) >= 11 is 24.3. The number of halogens is 13. The van der Waals surface area contributed by atoms with Gasteiger partial charge in [-0.15, -0.1) is 0 Å². The molecule has 12 aromatic heterocycles. The third-order valence-electron chi connectivity index (χ3n) is 23.7. The number of alkyl halides is 8. The Morgan fingerprint density at radius 2 is 0.852 bits per heavy atom. The quantitative estimate of drug-likeness (QED) is 0.0370. The van der Waals surface area contributed by atoms with Crippen LogP contribution >= 0.6 is 46.4 Å². The lowest BCUT2D eigenvalue weighted by molar-refractivity contribution is -0.139. The Morgan fingerprint density at radius 1 is 0.467 bits per heavy atom. The van der Waals surface area contributed by atoms with Gasteiger partial charge in [0.15, 0.2) is 34.9 Å². The van der Waals surface area contributed by atoms with Crippen molar-refractivity contribution in [3.63, 3.8) is 0 Å². The maximum absolute atomic E-state index is 14.7. The zero-order chi connectivity index (χ0) is 85.2. The fraction of sp³-hybridized carbons (Fsp3) is 0.407. The van der Waals surface area contributed by atoms with Gasteiger partial charge in [0, 0.05) is 144 Å². The van der Waals surface area contributed by atoms with E-state index in [-0.39, 0.29) is 53.4 Å². The summed E-state index contributed by atoms with van der Waals surface area (Å²) in [5, 5.41) is 14.4. The van der Waals surface area contributed by atoms with E-state index in [4.69, 9.17) is 56.4 Å². The fourth-order valence-electron chi connectivity index (χ4n) is 18.2. The van der Waals surface area contributed by atoms with Gasteiger partial charge in [0.2, 0.25) is 23.6 Å². The predicted molar refractivity (Wildman–Crippen MR) is 438 cm³/mol. The minimum absolute atomic E-state index is 0.105. The minimum Gasteiger partial charge on any atom is -0.354 e. The molecule has 41 heteroatoms. The van der Waals surface area contributed by atoms with Crippen LogP contribution in [0.1, 0.15) is 77.6 Å². The molecule has 636 valence electrons. The second-order valence-electron chi connectivity index (χ2n) is 31.5. The Balaban J connectivity index is 0.000000116. The van der Waals surface area contributed by atoms with E-state index in [0.29, 0.717) is 132 Å². The van der Waals surface area contributed by atoms with Crippen molar-refractivity contribution in [3.8, 4) is 45.6 Å². The first-order chi connectivity index (χ1) is 58.7. The molecule has 12 aromatic rings. The zero-order valence-corrected chi connectivity index (χ0v) is 67.7. The monoisotopic (exact) mass is 1760 g/mol. The van der Waals surface area contributed by atoms with Crippen LogP contribution in [0.3, 0.4) is 0 Å². The minimum atomic E-state index is -4.53. The molecule has 4 saturated carbocycles. The highest BCUT2D eigenvalue weighted by Gasteiger charge is 2.57. The van der Waals surface area contributed by atoms with E-state index in [2.05, 4.69) is 92.2 Å². The SMILES string of the molecule is CCCNC(=O)[C@H]1[C@@H]2CCC[C@@H]2CN1c1ccnc(-c2c[nH]c3ncc(Cl)cc23)n1.O=C(NCC(F)(F)F)[C@H]1C[C@H]2C[C@H]2N1c1ccnc(-c2c[nH]c3ncc(Cl)cc23)n1.O=C(NCC(F)(F)F)[C@H]1C[C@H]2C[C@H]2N1c1nc(-c2c[nH]c3ncc(Cl)cc23)ncc1F.O=C(NCC(F)F)[C@H]1[C@@H]2CCC[C@@H]2CN1c1ccnc(-c2c[nH]c3ncc(Cl)cc23)n1. The summed E-state index contributed by atoms with van der Waals surface area (Å²) in [6.45, 7) is 0.902. The van der Waals surface area contributed by atoms with E-state index >= 15 is 0 Å². The summed E-state index contributed by atoms with van der Waals surface area (Å²) in [7, 11) is 0. The van der Waals surface area contributed by atoms with Crippen LogP contribution in [0.5, 0.6) is 0 Å². The third kappa shape index (κ3) is 17.5. The van der Waals surface area contributed by atoms with Crippen LogP contribution in [0.25, 0.3) is 89.7 Å². The van der Waals surface area contributed by atoms with Crippen LogP contribution in [-0.2, 0) is 19.2 Å². The lowest BCUT2D eigenvalue weighted by Gasteiger charge is -2.28. The summed E-state index contributed by atoms with van der Waals surface area (Å²) in [4.78, 5) is 123. The Bertz CT molecular complexity index is 5940. The number of rotatable bonds is 18. The molecule has 0 bridgehead atoms.